The molecule has 0 radical (unpaired) electrons. The average Bonchev–Trinajstić information content (AvgIpc) is 2.55. The van der Waals surface area contributed by atoms with E-state index in [-0.39, 0.29) is 23.1 Å². The first-order chi connectivity index (χ1) is 7.60. The molecule has 90 valence electrons. The highest BCUT2D eigenvalue weighted by molar-refractivity contribution is 8.00. The second kappa shape index (κ2) is 4.40. The average molecular weight is 241 g/mol. The molecule has 0 saturated carbocycles. The Kier molecular flexibility index (Phi) is 3.29. The summed E-state index contributed by atoms with van der Waals surface area (Å²) in [6.07, 6.45) is 3.47. The number of rotatable bonds is 2. The van der Waals surface area contributed by atoms with Crippen molar-refractivity contribution in [1.82, 2.24) is 5.32 Å². The van der Waals surface area contributed by atoms with Crippen LogP contribution in [0.25, 0.3) is 0 Å². The molecule has 2 aliphatic heterocycles. The fourth-order valence-electron chi connectivity index (χ4n) is 3.14. The van der Waals surface area contributed by atoms with E-state index in [0.717, 1.165) is 25.0 Å². The van der Waals surface area contributed by atoms with Gasteiger partial charge < -0.3 is 0 Å². The normalized spacial score (nSPS) is 39.1. The molecule has 0 aromatic carbocycles. The van der Waals surface area contributed by atoms with E-state index in [2.05, 4.69) is 19.2 Å². The molecule has 3 atom stereocenters. The summed E-state index contributed by atoms with van der Waals surface area (Å²) >= 11 is 1.90. The van der Waals surface area contributed by atoms with Crippen LogP contribution in [-0.2, 0) is 9.59 Å². The summed E-state index contributed by atoms with van der Waals surface area (Å²) in [6.45, 7) is 4.27. The van der Waals surface area contributed by atoms with Gasteiger partial charge in [0.05, 0.1) is 0 Å². The van der Waals surface area contributed by atoms with Crippen molar-refractivity contribution < 1.29 is 9.59 Å². The van der Waals surface area contributed by atoms with E-state index < -0.39 is 0 Å². The molecule has 0 aromatic heterocycles. The van der Waals surface area contributed by atoms with Crippen LogP contribution in [0.1, 0.15) is 39.5 Å². The first-order valence-corrected chi connectivity index (χ1v) is 7.10. The third-order valence-electron chi connectivity index (χ3n) is 4.09. The Hall–Kier alpha value is -0.510. The molecule has 3 nitrogen and oxygen atoms in total. The second-order valence-electron chi connectivity index (χ2n) is 4.93. The molecule has 0 bridgehead atoms. The Labute approximate surface area is 101 Å². The zero-order chi connectivity index (χ0) is 11.8. The number of hydrogen-bond donors (Lipinski definition) is 1. The van der Waals surface area contributed by atoms with Gasteiger partial charge in [0.15, 0.2) is 0 Å². The highest BCUT2D eigenvalue weighted by Crippen LogP contribution is 2.53. The third-order valence-corrected chi connectivity index (χ3v) is 5.49. The number of nitrogens with one attached hydrogen (secondary N) is 1. The summed E-state index contributed by atoms with van der Waals surface area (Å²) in [5.41, 5.74) is -0.0555. The number of hydrogen-bond acceptors (Lipinski definition) is 3. The van der Waals surface area contributed by atoms with Gasteiger partial charge in [0.1, 0.15) is 0 Å². The van der Waals surface area contributed by atoms with Gasteiger partial charge >= 0.3 is 0 Å². The summed E-state index contributed by atoms with van der Waals surface area (Å²) in [7, 11) is 0. The van der Waals surface area contributed by atoms with Gasteiger partial charge in [0.2, 0.25) is 11.8 Å². The van der Waals surface area contributed by atoms with E-state index in [0.29, 0.717) is 11.7 Å². The van der Waals surface area contributed by atoms with Crippen molar-refractivity contribution in [2.24, 2.45) is 11.3 Å². The summed E-state index contributed by atoms with van der Waals surface area (Å²) in [5, 5.41) is 2.93. The van der Waals surface area contributed by atoms with Crippen molar-refractivity contribution in [1.29, 1.82) is 0 Å². The van der Waals surface area contributed by atoms with E-state index in [1.165, 1.54) is 0 Å². The summed E-state index contributed by atoms with van der Waals surface area (Å²) in [6, 6.07) is 0. The predicted molar refractivity (Wildman–Crippen MR) is 65.1 cm³/mol. The molecule has 4 heteroatoms. The van der Waals surface area contributed by atoms with E-state index >= 15 is 0 Å². The molecular formula is C12H19NO2S. The Morgan fingerprint density at radius 3 is 2.81 bits per heavy atom. The molecule has 16 heavy (non-hydrogen) atoms. The molecule has 3 unspecified atom stereocenters. The van der Waals surface area contributed by atoms with Crippen LogP contribution in [0.5, 0.6) is 0 Å². The lowest BCUT2D eigenvalue weighted by Crippen LogP contribution is -2.54. The maximum atomic E-state index is 12.0. The molecule has 2 amide bonds. The maximum absolute atomic E-state index is 12.0. The van der Waals surface area contributed by atoms with Gasteiger partial charge in [-0.25, -0.2) is 0 Å². The van der Waals surface area contributed by atoms with E-state index in [9.17, 15) is 9.59 Å². The quantitative estimate of drug-likeness (QED) is 0.752. The molecule has 2 fully saturated rings. The predicted octanol–water partition coefficient (Wildman–Crippen LogP) is 1.96. The van der Waals surface area contributed by atoms with Gasteiger partial charge in [-0.1, -0.05) is 20.3 Å². The molecule has 2 heterocycles. The van der Waals surface area contributed by atoms with Gasteiger partial charge in [0.25, 0.3) is 0 Å². The lowest BCUT2D eigenvalue weighted by Gasteiger charge is -2.42. The van der Waals surface area contributed by atoms with Gasteiger partial charge in [-0.05, 0) is 18.6 Å². The minimum Gasteiger partial charge on any atom is -0.296 e. The number of thioether (sulfide) groups is 1. The van der Waals surface area contributed by atoms with Crippen molar-refractivity contribution in [2.75, 3.05) is 5.75 Å². The molecular weight excluding hydrogens is 222 g/mol. The van der Waals surface area contributed by atoms with Crippen LogP contribution >= 0.6 is 11.8 Å². The summed E-state index contributed by atoms with van der Waals surface area (Å²) < 4.78 is 0. The monoisotopic (exact) mass is 241 g/mol. The molecule has 0 aliphatic carbocycles. The number of carbonyl (C=O) groups excluding carboxylic acids is 2. The highest BCUT2D eigenvalue weighted by Gasteiger charge is 2.53. The van der Waals surface area contributed by atoms with Crippen LogP contribution in [0.4, 0.5) is 0 Å². The number of piperidine rings is 1. The summed E-state index contributed by atoms with van der Waals surface area (Å²) in [5.74, 6) is 1.02. The Morgan fingerprint density at radius 1 is 1.50 bits per heavy atom. The summed E-state index contributed by atoms with van der Waals surface area (Å²) in [4.78, 5) is 23.5. The third kappa shape index (κ3) is 1.77. The van der Waals surface area contributed by atoms with Gasteiger partial charge in [-0.2, -0.15) is 11.8 Å². The van der Waals surface area contributed by atoms with Crippen LogP contribution in [0, 0.1) is 11.3 Å². The first kappa shape index (κ1) is 12.0. The lowest BCUT2D eigenvalue weighted by atomic mass is 9.65. The second-order valence-corrected chi connectivity index (χ2v) is 6.38. The van der Waals surface area contributed by atoms with Crippen LogP contribution in [0.15, 0.2) is 0 Å². The Balaban J connectivity index is 2.30. The van der Waals surface area contributed by atoms with E-state index in [1.54, 1.807) is 0 Å². The van der Waals surface area contributed by atoms with Crippen LogP contribution < -0.4 is 5.32 Å². The molecule has 1 spiro atoms. The zero-order valence-corrected chi connectivity index (χ0v) is 10.7. The van der Waals surface area contributed by atoms with Crippen LogP contribution in [-0.4, -0.2) is 22.8 Å². The fourth-order valence-corrected chi connectivity index (χ4v) is 4.69. The largest absolute Gasteiger partial charge is 0.296 e. The van der Waals surface area contributed by atoms with Crippen molar-refractivity contribution in [3.05, 3.63) is 0 Å². The van der Waals surface area contributed by atoms with Crippen LogP contribution in [0.3, 0.4) is 0 Å². The standard InChI is InChI=1S/C12H19NO2S/c1-3-4-9-11(15)13-10(14)7-12(9)5-6-16-8(12)2/h8-9H,3-7H2,1-2H3,(H,13,14,15). The molecule has 1 N–H and O–H groups in total. The van der Waals surface area contributed by atoms with Gasteiger partial charge in [-0.15, -0.1) is 0 Å². The lowest BCUT2D eigenvalue weighted by molar-refractivity contribution is -0.144. The van der Waals surface area contributed by atoms with Crippen LogP contribution in [0.2, 0.25) is 0 Å². The molecule has 2 rings (SSSR count). The topological polar surface area (TPSA) is 46.2 Å². The molecule has 2 aliphatic rings. The van der Waals surface area contributed by atoms with Crippen molar-refractivity contribution in [3.8, 4) is 0 Å². The van der Waals surface area contributed by atoms with E-state index in [4.69, 9.17) is 0 Å². The zero-order valence-electron chi connectivity index (χ0n) is 9.91. The Bertz CT molecular complexity index is 318. The number of carbonyl (C=O) groups is 2. The first-order valence-electron chi connectivity index (χ1n) is 6.05. The SMILES string of the molecule is CCCC1C(=O)NC(=O)CC12CCSC2C. The number of amides is 2. The maximum Gasteiger partial charge on any atom is 0.230 e. The van der Waals surface area contributed by atoms with Crippen molar-refractivity contribution in [2.45, 2.75) is 44.8 Å². The fraction of sp³-hybridized carbons (Fsp3) is 0.833. The number of imide groups is 1. The smallest absolute Gasteiger partial charge is 0.230 e. The molecule has 2 saturated heterocycles. The van der Waals surface area contributed by atoms with Crippen molar-refractivity contribution in [3.63, 3.8) is 0 Å². The Morgan fingerprint density at radius 2 is 2.25 bits per heavy atom. The molecule has 0 aromatic rings. The minimum absolute atomic E-state index is 0.0348. The van der Waals surface area contributed by atoms with Gasteiger partial charge in [0, 0.05) is 23.0 Å². The highest BCUT2D eigenvalue weighted by atomic mass is 32.2. The minimum atomic E-state index is -0.0771. The van der Waals surface area contributed by atoms with E-state index in [1.807, 2.05) is 11.8 Å². The van der Waals surface area contributed by atoms with Crippen molar-refractivity contribution >= 4 is 23.6 Å². The van der Waals surface area contributed by atoms with Gasteiger partial charge in [-0.3, -0.25) is 14.9 Å².